The summed E-state index contributed by atoms with van der Waals surface area (Å²) >= 11 is 0. The molecule has 0 unspecified atom stereocenters. The monoisotopic (exact) mass is 382 g/mol. The third kappa shape index (κ3) is 3.59. The number of H-pyrrole nitrogens is 1. The number of aromatic amines is 1. The van der Waals surface area contributed by atoms with Crippen molar-refractivity contribution >= 4 is 29.1 Å². The number of nitrogens with two attached hydrogens (primary N) is 1. The molecule has 3 rings (SSSR count). The molecular weight excluding hydrogens is 364 g/mol. The summed E-state index contributed by atoms with van der Waals surface area (Å²) in [5.74, 6) is -1.99. The molecule has 0 amide bonds. The predicted octanol–water partition coefficient (Wildman–Crippen LogP) is -1.90. The van der Waals surface area contributed by atoms with Gasteiger partial charge >= 0.3 is 11.9 Å². The maximum absolute atomic E-state index is 11.9. The second-order valence-electron chi connectivity index (χ2n) is 5.95. The van der Waals surface area contributed by atoms with E-state index in [1.807, 2.05) is 0 Å². The van der Waals surface area contributed by atoms with Crippen molar-refractivity contribution in [3.8, 4) is 0 Å². The van der Waals surface area contributed by atoms with Crippen LogP contribution in [0.3, 0.4) is 0 Å². The number of aliphatic hydroxyl groups excluding tert-OH is 1. The Balaban J connectivity index is 2.03. The Labute approximate surface area is 151 Å². The third-order valence-corrected chi connectivity index (χ3v) is 4.05. The molecule has 4 N–H and O–H groups in total. The van der Waals surface area contributed by atoms with Crippen LogP contribution in [0, 0.1) is 5.92 Å². The van der Waals surface area contributed by atoms with Crippen LogP contribution in [0.1, 0.15) is 20.1 Å². The molecule has 0 aromatic carbocycles. The van der Waals surface area contributed by atoms with Gasteiger partial charge in [-0.2, -0.15) is 9.67 Å². The fourth-order valence-corrected chi connectivity index (χ4v) is 2.94. The summed E-state index contributed by atoms with van der Waals surface area (Å²) in [6, 6.07) is 0. The minimum Gasteiger partial charge on any atom is -0.465 e. The van der Waals surface area contributed by atoms with Crippen molar-refractivity contribution in [3.05, 3.63) is 10.4 Å². The molecule has 1 aliphatic rings. The Morgan fingerprint density at radius 1 is 1.37 bits per heavy atom. The maximum Gasteiger partial charge on any atom is 0.303 e. The first kappa shape index (κ1) is 18.7. The number of anilines is 1. The highest BCUT2D eigenvalue weighted by molar-refractivity contribution is 5.69. The van der Waals surface area contributed by atoms with E-state index in [9.17, 15) is 19.5 Å². The lowest BCUT2D eigenvalue weighted by Crippen LogP contribution is -2.36. The molecule has 2 aromatic rings. The largest absolute Gasteiger partial charge is 0.465 e. The smallest absolute Gasteiger partial charge is 0.303 e. The Hall–Kier alpha value is -3.06. The molecule has 0 radical (unpaired) electrons. The molecule has 1 saturated heterocycles. The molecule has 0 spiro atoms. The predicted molar refractivity (Wildman–Crippen MR) is 87.0 cm³/mol. The van der Waals surface area contributed by atoms with E-state index in [1.54, 1.807) is 0 Å². The van der Waals surface area contributed by atoms with Crippen LogP contribution in [-0.4, -0.2) is 67.4 Å². The van der Waals surface area contributed by atoms with Gasteiger partial charge in [0.15, 0.2) is 23.5 Å². The van der Waals surface area contributed by atoms with Gasteiger partial charge in [-0.05, 0) is 0 Å². The minimum atomic E-state index is -1.06. The summed E-state index contributed by atoms with van der Waals surface area (Å²) in [6.07, 6.45) is -2.87. The van der Waals surface area contributed by atoms with Crippen molar-refractivity contribution in [1.82, 2.24) is 25.0 Å². The van der Waals surface area contributed by atoms with E-state index in [4.69, 9.17) is 19.9 Å². The van der Waals surface area contributed by atoms with Crippen LogP contribution < -0.4 is 11.3 Å². The zero-order valence-electron chi connectivity index (χ0n) is 14.5. The van der Waals surface area contributed by atoms with Crippen molar-refractivity contribution in [1.29, 1.82) is 0 Å². The zero-order chi connectivity index (χ0) is 19.7. The summed E-state index contributed by atoms with van der Waals surface area (Å²) < 4.78 is 17.2. The van der Waals surface area contributed by atoms with Gasteiger partial charge in [0, 0.05) is 13.8 Å². The van der Waals surface area contributed by atoms with Gasteiger partial charge in [-0.15, -0.1) is 5.10 Å². The molecule has 13 heteroatoms. The van der Waals surface area contributed by atoms with E-state index in [0.29, 0.717) is 0 Å². The van der Waals surface area contributed by atoms with Crippen molar-refractivity contribution in [2.75, 3.05) is 18.9 Å². The second kappa shape index (κ2) is 7.28. The molecule has 146 valence electrons. The van der Waals surface area contributed by atoms with E-state index in [0.717, 1.165) is 4.68 Å². The normalized spacial score (nSPS) is 24.9. The first-order valence-electron chi connectivity index (χ1n) is 7.99. The van der Waals surface area contributed by atoms with Gasteiger partial charge in [-0.25, -0.2) is 0 Å². The van der Waals surface area contributed by atoms with Gasteiger partial charge in [-0.1, -0.05) is 5.21 Å². The molecule has 3 heterocycles. The second-order valence-corrected chi connectivity index (χ2v) is 5.95. The highest BCUT2D eigenvalue weighted by atomic mass is 16.6. The minimum absolute atomic E-state index is 0.0169. The standard InChI is InChI=1S/C14H18N6O7/c1-5(22)25-4-7-8(3-21)27-13(10(7)26-6(2)23)20-11-9(18-19-20)12(24)17-14(15)16-11/h7-8,10,13,21H,3-4H2,1-2H3,(H3,15,16,17,24)/t7-,8-,10-,13-/m1/s1. The SMILES string of the molecule is CC(=O)OC[C@H]1[C@@H](OC(C)=O)[C@H](n2nnc3c(=O)[nH]c(N)nc32)O[C@@H]1CO. The lowest BCUT2D eigenvalue weighted by Gasteiger charge is -2.22. The van der Waals surface area contributed by atoms with Gasteiger partial charge in [0.2, 0.25) is 5.95 Å². The number of esters is 2. The zero-order valence-corrected chi connectivity index (χ0v) is 14.5. The van der Waals surface area contributed by atoms with Gasteiger partial charge in [-0.3, -0.25) is 19.4 Å². The maximum atomic E-state index is 11.9. The molecule has 1 fully saturated rings. The van der Waals surface area contributed by atoms with E-state index in [2.05, 4.69) is 20.3 Å². The number of fused-ring (bicyclic) bond motifs is 1. The number of aliphatic hydroxyl groups is 1. The van der Waals surface area contributed by atoms with Crippen LogP contribution in [0.5, 0.6) is 0 Å². The summed E-state index contributed by atoms with van der Waals surface area (Å²) in [6.45, 7) is 1.85. The van der Waals surface area contributed by atoms with Crippen molar-refractivity contribution in [2.24, 2.45) is 5.92 Å². The van der Waals surface area contributed by atoms with Crippen LogP contribution in [0.2, 0.25) is 0 Å². The number of nitrogens with one attached hydrogen (secondary N) is 1. The fraction of sp³-hybridized carbons (Fsp3) is 0.571. The third-order valence-electron chi connectivity index (χ3n) is 4.05. The average molecular weight is 382 g/mol. The van der Waals surface area contributed by atoms with E-state index in [-0.39, 0.29) is 23.7 Å². The number of carbonyl (C=O) groups is 2. The fourth-order valence-electron chi connectivity index (χ4n) is 2.94. The lowest BCUT2D eigenvalue weighted by molar-refractivity contribution is -0.156. The number of carbonyl (C=O) groups excluding carboxylic acids is 2. The summed E-state index contributed by atoms with van der Waals surface area (Å²) in [5, 5.41) is 17.2. The summed E-state index contributed by atoms with van der Waals surface area (Å²) in [5.41, 5.74) is 4.91. The first-order chi connectivity index (χ1) is 12.8. The van der Waals surface area contributed by atoms with E-state index >= 15 is 0 Å². The van der Waals surface area contributed by atoms with Crippen molar-refractivity contribution in [3.63, 3.8) is 0 Å². The Kier molecular flexibility index (Phi) is 5.05. The Morgan fingerprint density at radius 3 is 2.74 bits per heavy atom. The summed E-state index contributed by atoms with van der Waals surface area (Å²) in [4.78, 5) is 41.0. The van der Waals surface area contributed by atoms with Gasteiger partial charge in [0.25, 0.3) is 5.56 Å². The number of nitrogens with zero attached hydrogens (tertiary/aromatic N) is 4. The van der Waals surface area contributed by atoms with Crippen LogP contribution in [0.15, 0.2) is 4.79 Å². The Morgan fingerprint density at radius 2 is 2.11 bits per heavy atom. The van der Waals surface area contributed by atoms with Crippen molar-refractivity contribution < 1.29 is 28.9 Å². The number of hydrogen-bond donors (Lipinski definition) is 3. The first-order valence-corrected chi connectivity index (χ1v) is 7.99. The quantitative estimate of drug-likeness (QED) is 0.490. The van der Waals surface area contributed by atoms with Crippen LogP contribution in [0.4, 0.5) is 5.95 Å². The molecule has 2 aromatic heterocycles. The van der Waals surface area contributed by atoms with E-state index in [1.165, 1.54) is 13.8 Å². The molecule has 13 nitrogen and oxygen atoms in total. The number of hydrogen-bond acceptors (Lipinski definition) is 11. The average Bonchev–Trinajstić information content (AvgIpc) is 3.13. The lowest BCUT2D eigenvalue weighted by atomic mass is 9.99. The Bertz CT molecular complexity index is 924. The van der Waals surface area contributed by atoms with E-state index < -0.39 is 48.5 Å². The van der Waals surface area contributed by atoms with Gasteiger partial charge < -0.3 is 25.1 Å². The summed E-state index contributed by atoms with van der Waals surface area (Å²) in [7, 11) is 0. The number of aromatic nitrogens is 5. The van der Waals surface area contributed by atoms with Gasteiger partial charge in [0.05, 0.1) is 18.6 Å². The molecule has 4 atom stereocenters. The molecule has 0 saturated carbocycles. The molecule has 0 aliphatic carbocycles. The van der Waals surface area contributed by atoms with Gasteiger partial charge in [0.1, 0.15) is 6.61 Å². The molecule has 27 heavy (non-hydrogen) atoms. The highest BCUT2D eigenvalue weighted by Gasteiger charge is 2.49. The number of nitrogen functional groups attached to an aromatic ring is 1. The number of ether oxygens (including phenoxy) is 3. The molecular formula is C14H18N6O7. The molecule has 0 bridgehead atoms. The topological polar surface area (TPSA) is 185 Å². The van der Waals surface area contributed by atoms with Crippen molar-refractivity contribution in [2.45, 2.75) is 32.3 Å². The van der Waals surface area contributed by atoms with Crippen LogP contribution >= 0.6 is 0 Å². The molecule has 1 aliphatic heterocycles. The van der Waals surface area contributed by atoms with Crippen LogP contribution in [0.25, 0.3) is 11.2 Å². The highest BCUT2D eigenvalue weighted by Crippen LogP contribution is 2.37. The number of rotatable bonds is 5. The van der Waals surface area contributed by atoms with Crippen LogP contribution in [-0.2, 0) is 23.8 Å².